The lowest BCUT2D eigenvalue weighted by Crippen LogP contribution is -2.31. The second kappa shape index (κ2) is 4.84. The minimum atomic E-state index is -0.844. The predicted molar refractivity (Wildman–Crippen MR) is 62.6 cm³/mol. The van der Waals surface area contributed by atoms with Crippen LogP contribution in [-0.4, -0.2) is 24.2 Å². The molecule has 0 radical (unpaired) electrons. The van der Waals surface area contributed by atoms with E-state index in [9.17, 15) is 4.79 Å². The summed E-state index contributed by atoms with van der Waals surface area (Å²) in [6.07, 6.45) is 0.788. The highest BCUT2D eigenvalue weighted by Gasteiger charge is 2.21. The number of halogens is 1. The summed E-state index contributed by atoms with van der Waals surface area (Å²) >= 11 is 3.40. The Balaban J connectivity index is 2.18. The van der Waals surface area contributed by atoms with Gasteiger partial charge in [0.1, 0.15) is 5.75 Å². The molecule has 5 heteroatoms. The van der Waals surface area contributed by atoms with Crippen LogP contribution in [0.25, 0.3) is 0 Å². The van der Waals surface area contributed by atoms with E-state index in [0.29, 0.717) is 6.61 Å². The molecule has 1 aromatic rings. The normalized spacial score (nSPS) is 18.7. The number of hydrogen-bond acceptors (Lipinski definition) is 3. The molecule has 1 aliphatic heterocycles. The standard InChI is InChI=1S/C11H12BrNO3/c12-7-1-2-10-8(5-7)9(3-4-16-10)13-6-11(14)15/h1-2,5,9,13H,3-4,6H2,(H,14,15). The van der Waals surface area contributed by atoms with Crippen molar-refractivity contribution in [3.05, 3.63) is 28.2 Å². The van der Waals surface area contributed by atoms with Crippen molar-refractivity contribution in [3.8, 4) is 5.75 Å². The van der Waals surface area contributed by atoms with Crippen LogP contribution in [0.15, 0.2) is 22.7 Å². The number of benzene rings is 1. The number of hydrogen-bond donors (Lipinski definition) is 2. The van der Waals surface area contributed by atoms with Gasteiger partial charge in [0.25, 0.3) is 0 Å². The van der Waals surface area contributed by atoms with Gasteiger partial charge >= 0.3 is 5.97 Å². The highest BCUT2D eigenvalue weighted by Crippen LogP contribution is 2.33. The van der Waals surface area contributed by atoms with Gasteiger partial charge in [0.15, 0.2) is 0 Å². The van der Waals surface area contributed by atoms with E-state index in [4.69, 9.17) is 9.84 Å². The molecule has 1 atom stereocenters. The summed E-state index contributed by atoms with van der Waals surface area (Å²) < 4.78 is 6.48. The molecule has 1 aromatic carbocycles. The number of carboxylic acid groups (broad SMARTS) is 1. The molecule has 2 N–H and O–H groups in total. The maximum atomic E-state index is 10.5. The monoisotopic (exact) mass is 285 g/mol. The summed E-state index contributed by atoms with van der Waals surface area (Å²) in [6, 6.07) is 5.83. The minimum absolute atomic E-state index is 0.0311. The topological polar surface area (TPSA) is 58.6 Å². The van der Waals surface area contributed by atoms with E-state index < -0.39 is 5.97 Å². The molecule has 4 nitrogen and oxygen atoms in total. The molecule has 0 fully saturated rings. The zero-order chi connectivity index (χ0) is 11.5. The molecule has 0 saturated heterocycles. The second-order valence-electron chi connectivity index (χ2n) is 3.65. The third-order valence-corrected chi connectivity index (χ3v) is 3.00. The van der Waals surface area contributed by atoms with Crippen LogP contribution in [-0.2, 0) is 4.79 Å². The number of rotatable bonds is 3. The van der Waals surface area contributed by atoms with E-state index in [1.54, 1.807) is 0 Å². The first-order chi connectivity index (χ1) is 7.66. The third kappa shape index (κ3) is 2.54. The van der Waals surface area contributed by atoms with Gasteiger partial charge in [0, 0.05) is 22.5 Å². The van der Waals surface area contributed by atoms with Gasteiger partial charge in [-0.15, -0.1) is 0 Å². The van der Waals surface area contributed by atoms with Crippen molar-refractivity contribution in [3.63, 3.8) is 0 Å². The Labute approximate surface area is 102 Å². The van der Waals surface area contributed by atoms with Crippen LogP contribution in [0.5, 0.6) is 5.75 Å². The second-order valence-corrected chi connectivity index (χ2v) is 4.56. The van der Waals surface area contributed by atoms with Gasteiger partial charge in [-0.25, -0.2) is 0 Å². The van der Waals surface area contributed by atoms with Crippen LogP contribution in [0.2, 0.25) is 0 Å². The van der Waals surface area contributed by atoms with Gasteiger partial charge in [0.05, 0.1) is 13.2 Å². The van der Waals surface area contributed by atoms with Crippen LogP contribution in [0.4, 0.5) is 0 Å². The van der Waals surface area contributed by atoms with Gasteiger partial charge in [0.2, 0.25) is 0 Å². The first-order valence-corrected chi connectivity index (χ1v) is 5.83. The van der Waals surface area contributed by atoms with Gasteiger partial charge in [-0.05, 0) is 18.2 Å². The van der Waals surface area contributed by atoms with Crippen molar-refractivity contribution >= 4 is 21.9 Å². The number of ether oxygens (including phenoxy) is 1. The number of aliphatic carboxylic acids is 1. The fourth-order valence-corrected chi connectivity index (χ4v) is 2.17. The molecular formula is C11H12BrNO3. The number of fused-ring (bicyclic) bond motifs is 1. The molecule has 0 aromatic heterocycles. The molecule has 1 aliphatic rings. The number of carboxylic acids is 1. The predicted octanol–water partition coefficient (Wildman–Crippen LogP) is 1.95. The molecular weight excluding hydrogens is 274 g/mol. The van der Waals surface area contributed by atoms with Crippen LogP contribution < -0.4 is 10.1 Å². The van der Waals surface area contributed by atoms with Crippen LogP contribution in [0.1, 0.15) is 18.0 Å². The van der Waals surface area contributed by atoms with Crippen LogP contribution >= 0.6 is 15.9 Å². The quantitative estimate of drug-likeness (QED) is 0.891. The van der Waals surface area contributed by atoms with E-state index >= 15 is 0 Å². The van der Waals surface area contributed by atoms with Crippen molar-refractivity contribution in [2.24, 2.45) is 0 Å². The lowest BCUT2D eigenvalue weighted by atomic mass is 10.0. The van der Waals surface area contributed by atoms with Gasteiger partial charge in [-0.3, -0.25) is 10.1 Å². The summed E-state index contributed by atoms with van der Waals surface area (Å²) in [6.45, 7) is 0.586. The summed E-state index contributed by atoms with van der Waals surface area (Å²) in [5.74, 6) is -0.0135. The molecule has 86 valence electrons. The lowest BCUT2D eigenvalue weighted by molar-refractivity contribution is -0.136. The smallest absolute Gasteiger partial charge is 0.317 e. The van der Waals surface area contributed by atoms with Crippen LogP contribution in [0, 0.1) is 0 Å². The zero-order valence-corrected chi connectivity index (χ0v) is 10.2. The van der Waals surface area contributed by atoms with Gasteiger partial charge < -0.3 is 9.84 Å². The van der Waals surface area contributed by atoms with Crippen molar-refractivity contribution in [2.75, 3.05) is 13.2 Å². The van der Waals surface area contributed by atoms with Gasteiger partial charge in [-0.2, -0.15) is 0 Å². The Morgan fingerprint density at radius 3 is 3.19 bits per heavy atom. The maximum Gasteiger partial charge on any atom is 0.317 e. The van der Waals surface area contributed by atoms with E-state index in [-0.39, 0.29) is 12.6 Å². The first-order valence-electron chi connectivity index (χ1n) is 5.04. The van der Waals surface area contributed by atoms with E-state index in [0.717, 1.165) is 22.2 Å². The molecule has 0 spiro atoms. The highest BCUT2D eigenvalue weighted by atomic mass is 79.9. The average Bonchev–Trinajstić information content (AvgIpc) is 2.26. The number of nitrogens with one attached hydrogen (secondary N) is 1. The minimum Gasteiger partial charge on any atom is -0.493 e. The molecule has 0 bridgehead atoms. The van der Waals surface area contributed by atoms with E-state index in [1.165, 1.54) is 0 Å². The summed E-state index contributed by atoms with van der Waals surface area (Å²) in [7, 11) is 0. The molecule has 0 amide bonds. The largest absolute Gasteiger partial charge is 0.493 e. The number of carbonyl (C=O) groups is 1. The Morgan fingerprint density at radius 2 is 2.44 bits per heavy atom. The molecule has 0 saturated carbocycles. The van der Waals surface area contributed by atoms with E-state index in [2.05, 4.69) is 21.2 Å². The van der Waals surface area contributed by atoms with Crippen molar-refractivity contribution < 1.29 is 14.6 Å². The molecule has 0 aliphatic carbocycles. The zero-order valence-electron chi connectivity index (χ0n) is 8.57. The molecule has 16 heavy (non-hydrogen) atoms. The average molecular weight is 286 g/mol. The highest BCUT2D eigenvalue weighted by molar-refractivity contribution is 9.10. The Morgan fingerprint density at radius 1 is 1.62 bits per heavy atom. The Bertz CT molecular complexity index is 408. The summed E-state index contributed by atoms with van der Waals surface area (Å²) in [5.41, 5.74) is 1.02. The Kier molecular flexibility index (Phi) is 3.46. The van der Waals surface area contributed by atoms with Crippen LogP contribution in [0.3, 0.4) is 0 Å². The first kappa shape index (κ1) is 11.4. The molecule has 1 heterocycles. The summed E-state index contributed by atoms with van der Waals surface area (Å²) in [4.78, 5) is 10.5. The third-order valence-electron chi connectivity index (χ3n) is 2.51. The SMILES string of the molecule is O=C(O)CNC1CCOc2ccc(Br)cc21. The van der Waals surface area contributed by atoms with Crippen molar-refractivity contribution in [1.82, 2.24) is 5.32 Å². The molecule has 2 rings (SSSR count). The lowest BCUT2D eigenvalue weighted by Gasteiger charge is -2.26. The fraction of sp³-hybridized carbons (Fsp3) is 0.364. The molecule has 1 unspecified atom stereocenters. The van der Waals surface area contributed by atoms with E-state index in [1.807, 2.05) is 18.2 Å². The summed E-state index contributed by atoms with van der Waals surface area (Å²) in [5, 5.41) is 11.6. The maximum absolute atomic E-state index is 10.5. The van der Waals surface area contributed by atoms with Crippen molar-refractivity contribution in [1.29, 1.82) is 0 Å². The van der Waals surface area contributed by atoms with Crippen molar-refractivity contribution in [2.45, 2.75) is 12.5 Å². The van der Waals surface area contributed by atoms with Gasteiger partial charge in [-0.1, -0.05) is 15.9 Å². The Hall–Kier alpha value is -1.07. The fourth-order valence-electron chi connectivity index (χ4n) is 1.79.